The highest BCUT2D eigenvalue weighted by Crippen LogP contribution is 2.27. The van der Waals surface area contributed by atoms with Crippen LogP contribution in [0, 0.1) is 0 Å². The van der Waals surface area contributed by atoms with Crippen LogP contribution in [0.1, 0.15) is 12.8 Å². The summed E-state index contributed by atoms with van der Waals surface area (Å²) in [6.07, 6.45) is 3.66. The Kier molecular flexibility index (Phi) is 5.91. The minimum atomic E-state index is -0.232. The van der Waals surface area contributed by atoms with Gasteiger partial charge in [0.05, 0.1) is 5.52 Å². The molecule has 0 radical (unpaired) electrons. The van der Waals surface area contributed by atoms with Crippen LogP contribution in [0.5, 0.6) is 11.5 Å². The number of piperidine rings is 1. The summed E-state index contributed by atoms with van der Waals surface area (Å²) in [5, 5.41) is 7.17. The number of hydrogen-bond donors (Lipinski definition) is 3. The Morgan fingerprint density at radius 3 is 2.45 bits per heavy atom. The number of fused-ring (bicyclic) bond motifs is 1. The van der Waals surface area contributed by atoms with Crippen LogP contribution in [-0.2, 0) is 0 Å². The summed E-state index contributed by atoms with van der Waals surface area (Å²) < 4.78 is 5.86. The summed E-state index contributed by atoms with van der Waals surface area (Å²) in [6, 6.07) is 19.3. The molecular weight excluding hydrogens is 416 g/mol. The maximum absolute atomic E-state index is 12.6. The predicted molar refractivity (Wildman–Crippen MR) is 131 cm³/mol. The lowest BCUT2D eigenvalue weighted by molar-refractivity contribution is 0.263. The van der Waals surface area contributed by atoms with Crippen LogP contribution in [0.25, 0.3) is 10.9 Å². The summed E-state index contributed by atoms with van der Waals surface area (Å²) in [5.74, 6) is 2.49. The van der Waals surface area contributed by atoms with Gasteiger partial charge in [-0.1, -0.05) is 18.2 Å². The minimum absolute atomic E-state index is 0.232. The predicted octanol–water partition coefficient (Wildman–Crippen LogP) is 4.36. The van der Waals surface area contributed by atoms with Crippen LogP contribution in [0.15, 0.2) is 71.7 Å². The number of aromatic amines is 1. The van der Waals surface area contributed by atoms with Crippen LogP contribution < -0.4 is 20.9 Å². The fourth-order valence-electron chi connectivity index (χ4n) is 3.95. The first kappa shape index (κ1) is 21.0. The molecule has 3 N–H and O–H groups in total. The zero-order chi connectivity index (χ0) is 22.6. The van der Waals surface area contributed by atoms with Crippen molar-refractivity contribution in [2.45, 2.75) is 18.9 Å². The third-order valence-corrected chi connectivity index (χ3v) is 5.77. The van der Waals surface area contributed by atoms with E-state index >= 15 is 0 Å². The molecule has 0 spiro atoms. The van der Waals surface area contributed by atoms with Gasteiger partial charge >= 0.3 is 0 Å². The van der Waals surface area contributed by atoms with Crippen molar-refractivity contribution < 1.29 is 4.74 Å². The molecule has 1 saturated heterocycles. The zero-order valence-corrected chi connectivity index (χ0v) is 18.4. The molecule has 1 aliphatic heterocycles. The zero-order valence-electron chi connectivity index (χ0n) is 18.4. The number of aromatic nitrogens is 3. The molecule has 33 heavy (non-hydrogen) atoms. The average Bonchev–Trinajstić information content (AvgIpc) is 2.82. The maximum atomic E-state index is 12.6. The van der Waals surface area contributed by atoms with Crippen molar-refractivity contribution in [2.75, 3.05) is 30.8 Å². The van der Waals surface area contributed by atoms with Crippen molar-refractivity contribution in [3.05, 3.63) is 77.2 Å². The van der Waals surface area contributed by atoms with Crippen LogP contribution in [0.4, 0.5) is 17.5 Å². The van der Waals surface area contributed by atoms with E-state index in [0.29, 0.717) is 28.7 Å². The molecule has 0 atom stereocenters. The highest BCUT2D eigenvalue weighted by Gasteiger charge is 2.19. The van der Waals surface area contributed by atoms with Crippen molar-refractivity contribution in [2.24, 2.45) is 0 Å². The van der Waals surface area contributed by atoms with Crippen molar-refractivity contribution in [3.63, 3.8) is 0 Å². The van der Waals surface area contributed by atoms with Gasteiger partial charge in [0.1, 0.15) is 22.7 Å². The van der Waals surface area contributed by atoms with Crippen molar-refractivity contribution in [1.29, 1.82) is 0 Å². The van der Waals surface area contributed by atoms with Crippen molar-refractivity contribution in [1.82, 2.24) is 19.9 Å². The SMILES string of the molecule is CN1CCC(Nc2nc(Nc3ccc(Oc4ccccc4)cc3)c3c(=O)[nH]ccc3n2)CC1. The van der Waals surface area contributed by atoms with E-state index in [1.54, 1.807) is 12.3 Å². The first-order chi connectivity index (χ1) is 16.1. The van der Waals surface area contributed by atoms with E-state index in [2.05, 4.69) is 37.5 Å². The molecule has 168 valence electrons. The lowest BCUT2D eigenvalue weighted by atomic mass is 10.1. The van der Waals surface area contributed by atoms with Gasteiger partial charge in [0.25, 0.3) is 5.56 Å². The number of nitrogens with one attached hydrogen (secondary N) is 3. The number of pyridine rings is 1. The number of para-hydroxylation sites is 1. The first-order valence-corrected chi connectivity index (χ1v) is 11.1. The van der Waals surface area contributed by atoms with Gasteiger partial charge < -0.3 is 25.3 Å². The van der Waals surface area contributed by atoms with E-state index in [1.165, 1.54) is 0 Å². The topological polar surface area (TPSA) is 95.2 Å². The molecule has 1 fully saturated rings. The Labute approximate surface area is 191 Å². The molecule has 8 nitrogen and oxygen atoms in total. The molecule has 0 unspecified atom stereocenters. The van der Waals surface area contributed by atoms with E-state index in [4.69, 9.17) is 4.74 Å². The van der Waals surface area contributed by atoms with Gasteiger partial charge in [-0.05, 0) is 75.4 Å². The van der Waals surface area contributed by atoms with Crippen LogP contribution in [-0.4, -0.2) is 46.0 Å². The Hall–Kier alpha value is -3.91. The van der Waals surface area contributed by atoms with Gasteiger partial charge in [0, 0.05) is 17.9 Å². The molecule has 2 aromatic heterocycles. The monoisotopic (exact) mass is 442 g/mol. The number of likely N-dealkylation sites (tertiary alicyclic amines) is 1. The normalized spacial score (nSPS) is 14.8. The maximum Gasteiger partial charge on any atom is 0.261 e. The quantitative estimate of drug-likeness (QED) is 0.408. The number of ether oxygens (including phenoxy) is 1. The van der Waals surface area contributed by atoms with Gasteiger partial charge in [-0.2, -0.15) is 4.98 Å². The molecule has 3 heterocycles. The van der Waals surface area contributed by atoms with Gasteiger partial charge in [-0.25, -0.2) is 4.98 Å². The summed E-state index contributed by atoms with van der Waals surface area (Å²) in [7, 11) is 2.13. The number of benzene rings is 2. The molecule has 2 aromatic carbocycles. The minimum Gasteiger partial charge on any atom is -0.457 e. The van der Waals surface area contributed by atoms with Crippen molar-refractivity contribution >= 4 is 28.4 Å². The Morgan fingerprint density at radius 1 is 0.970 bits per heavy atom. The molecule has 8 heteroatoms. The first-order valence-electron chi connectivity index (χ1n) is 11.1. The smallest absolute Gasteiger partial charge is 0.261 e. The summed E-state index contributed by atoms with van der Waals surface area (Å²) in [4.78, 5) is 26.9. The number of hydrogen-bond acceptors (Lipinski definition) is 7. The molecule has 4 aromatic rings. The van der Waals surface area contributed by atoms with E-state index in [0.717, 1.165) is 43.1 Å². The molecule has 0 saturated carbocycles. The molecule has 0 amide bonds. The molecule has 1 aliphatic rings. The largest absolute Gasteiger partial charge is 0.457 e. The van der Waals surface area contributed by atoms with Crippen LogP contribution in [0.2, 0.25) is 0 Å². The fraction of sp³-hybridized carbons (Fsp3) is 0.240. The third kappa shape index (κ3) is 4.96. The van der Waals surface area contributed by atoms with Gasteiger partial charge in [0.2, 0.25) is 5.95 Å². The van der Waals surface area contributed by atoms with E-state index in [-0.39, 0.29) is 5.56 Å². The molecule has 0 bridgehead atoms. The Bertz CT molecular complexity index is 1280. The third-order valence-electron chi connectivity index (χ3n) is 5.77. The molecular formula is C25H26N6O2. The Balaban J connectivity index is 1.40. The van der Waals surface area contributed by atoms with Crippen LogP contribution >= 0.6 is 0 Å². The number of rotatable bonds is 6. The highest BCUT2D eigenvalue weighted by molar-refractivity contribution is 5.90. The van der Waals surface area contributed by atoms with Gasteiger partial charge in [-0.15, -0.1) is 0 Å². The standard InChI is InChI=1S/C25H26N6O2/c1-31-15-12-18(13-16-31)28-25-29-21-11-14-26-24(32)22(21)23(30-25)27-17-7-9-20(10-8-17)33-19-5-3-2-4-6-19/h2-11,14,18H,12-13,15-16H2,1H3,(H,26,32)(H2,27,28,29,30). The second kappa shape index (κ2) is 9.30. The lowest BCUT2D eigenvalue weighted by Gasteiger charge is -2.29. The van der Waals surface area contributed by atoms with Crippen molar-refractivity contribution in [3.8, 4) is 11.5 Å². The summed E-state index contributed by atoms with van der Waals surface area (Å²) in [6.45, 7) is 2.07. The number of anilines is 3. The highest BCUT2D eigenvalue weighted by atomic mass is 16.5. The average molecular weight is 443 g/mol. The molecule has 5 rings (SSSR count). The summed E-state index contributed by atoms with van der Waals surface area (Å²) >= 11 is 0. The number of nitrogens with zero attached hydrogens (tertiary/aromatic N) is 3. The van der Waals surface area contributed by atoms with Gasteiger partial charge in [0.15, 0.2) is 0 Å². The van der Waals surface area contributed by atoms with Crippen LogP contribution in [0.3, 0.4) is 0 Å². The summed E-state index contributed by atoms with van der Waals surface area (Å²) in [5.41, 5.74) is 1.16. The van der Waals surface area contributed by atoms with Gasteiger partial charge in [-0.3, -0.25) is 4.79 Å². The fourth-order valence-corrected chi connectivity index (χ4v) is 3.95. The number of H-pyrrole nitrogens is 1. The van der Waals surface area contributed by atoms with E-state index in [9.17, 15) is 4.79 Å². The lowest BCUT2D eigenvalue weighted by Crippen LogP contribution is -2.37. The second-order valence-electron chi connectivity index (χ2n) is 8.25. The van der Waals surface area contributed by atoms with E-state index in [1.807, 2.05) is 54.6 Å². The second-order valence-corrected chi connectivity index (χ2v) is 8.25. The molecule has 0 aliphatic carbocycles. The Morgan fingerprint density at radius 2 is 1.70 bits per heavy atom. The van der Waals surface area contributed by atoms with E-state index < -0.39 is 0 Å².